The van der Waals surface area contributed by atoms with Gasteiger partial charge in [-0.1, -0.05) is 103 Å². The normalized spacial score (nSPS) is 26.9. The minimum absolute atomic E-state index is 0.0767. The predicted molar refractivity (Wildman–Crippen MR) is 418 cm³/mol. The minimum Gasteiger partial charge on any atom is -0.393 e. The number of aliphatic hydroxyl groups is 3. The van der Waals surface area contributed by atoms with Crippen molar-refractivity contribution in [3.8, 4) is 6.07 Å². The molecular formula is C68H121N12O23P3S2. The number of aromatic amines is 3. The highest BCUT2D eigenvalue weighted by Crippen LogP contribution is 2.58. The van der Waals surface area contributed by atoms with Gasteiger partial charge in [-0.15, -0.1) is 0 Å². The van der Waals surface area contributed by atoms with Crippen LogP contribution < -0.4 is 49.7 Å². The molecule has 0 aromatic carbocycles. The number of aryl methyl sites for hydroxylation is 1. The van der Waals surface area contributed by atoms with Crippen LogP contribution in [0.2, 0.25) is 0 Å². The first kappa shape index (κ1) is 101. The van der Waals surface area contributed by atoms with Gasteiger partial charge in [0.2, 0.25) is 13.1 Å². The molecule has 108 heavy (non-hydrogen) atoms. The van der Waals surface area contributed by atoms with Crippen LogP contribution in [0.3, 0.4) is 0 Å². The van der Waals surface area contributed by atoms with E-state index in [1.54, 1.807) is 13.8 Å². The number of ether oxygens (including phenoxy) is 7. The Morgan fingerprint density at radius 1 is 0.657 bits per heavy atom. The lowest BCUT2D eigenvalue weighted by molar-refractivity contribution is -0.161. The van der Waals surface area contributed by atoms with Gasteiger partial charge in [0.1, 0.15) is 54.4 Å². The summed E-state index contributed by atoms with van der Waals surface area (Å²) in [6, 6.07) is 6.83. The molecule has 9 rings (SSSR count). The zero-order chi connectivity index (χ0) is 82.0. The van der Waals surface area contributed by atoms with Crippen LogP contribution in [0, 0.1) is 43.2 Å². The molecule has 6 aliphatic rings. The van der Waals surface area contributed by atoms with Gasteiger partial charge in [0.15, 0.2) is 18.7 Å². The van der Waals surface area contributed by atoms with Crippen molar-refractivity contribution in [2.75, 3.05) is 121 Å². The Balaban J connectivity index is 0.000000671. The van der Waals surface area contributed by atoms with Gasteiger partial charge in [0, 0.05) is 116 Å². The zero-order valence-electron chi connectivity index (χ0n) is 65.8. The van der Waals surface area contributed by atoms with E-state index in [4.69, 9.17) is 102 Å². The Hall–Kier alpha value is -4.56. The lowest BCUT2D eigenvalue weighted by Crippen LogP contribution is -2.52. The van der Waals surface area contributed by atoms with Crippen LogP contribution in [0.4, 0.5) is 0 Å². The number of nitrogens with one attached hydrogen (secondary N) is 6. The molecule has 40 heteroatoms. The summed E-state index contributed by atoms with van der Waals surface area (Å²) < 4.78 is 80.4. The smallest absolute Gasteiger partial charge is 0.330 e. The van der Waals surface area contributed by atoms with Crippen LogP contribution in [0.15, 0.2) is 59.5 Å². The molecule has 3 aromatic heterocycles. The number of hydrogen-bond donors (Lipinski definition) is 9. The zero-order valence-corrected chi connectivity index (χ0v) is 70.4. The fourth-order valence-electron chi connectivity index (χ4n) is 10.7. The number of aliphatic hydroxyl groups excluding tert-OH is 3. The summed E-state index contributed by atoms with van der Waals surface area (Å²) in [4.78, 5) is 83.2. The summed E-state index contributed by atoms with van der Waals surface area (Å²) in [5.41, 5.74) is -6.50. The highest BCUT2D eigenvalue weighted by Gasteiger charge is 2.60. The summed E-state index contributed by atoms with van der Waals surface area (Å²) >= 11 is 10.5. The first-order valence-corrected chi connectivity index (χ1v) is 41.3. The number of unbranched alkanes of at least 4 members (excludes halogenated alkanes) is 1. The van der Waals surface area contributed by atoms with Crippen molar-refractivity contribution in [3.63, 3.8) is 0 Å². The molecule has 3 aromatic rings. The average Bonchev–Trinajstić information content (AvgIpc) is 1.60. The van der Waals surface area contributed by atoms with Crippen LogP contribution in [-0.2, 0) is 88.4 Å². The van der Waals surface area contributed by atoms with Crippen molar-refractivity contribution in [1.82, 2.24) is 44.6 Å². The molecule has 0 aliphatic carbocycles. The van der Waals surface area contributed by atoms with Crippen molar-refractivity contribution in [2.45, 2.75) is 213 Å². The van der Waals surface area contributed by atoms with Crippen LogP contribution in [0.5, 0.6) is 0 Å². The number of rotatable bonds is 22. The lowest BCUT2D eigenvalue weighted by Gasteiger charge is -2.39. The Kier molecular flexibility index (Phi) is 49.5. The average molecular weight is 1630 g/mol. The van der Waals surface area contributed by atoms with E-state index >= 15 is 0 Å². The topological polar surface area (TPSA) is 423 Å². The summed E-state index contributed by atoms with van der Waals surface area (Å²) in [6.07, 6.45) is 3.93. The van der Waals surface area contributed by atoms with Gasteiger partial charge in [-0.2, -0.15) is 5.26 Å². The molecule has 0 bridgehead atoms. The molecule has 6 fully saturated rings. The molecule has 35 nitrogen and oxygen atoms in total. The molecule has 9 N–H and O–H groups in total. The van der Waals surface area contributed by atoms with Gasteiger partial charge in [0.05, 0.1) is 58.7 Å². The minimum atomic E-state index is -3.04. The summed E-state index contributed by atoms with van der Waals surface area (Å²) in [7, 11) is 8.36. The third kappa shape index (κ3) is 32.9. The fraction of sp³-hybridized carbons (Fsp3) is 0.779. The number of H-pyrrole nitrogens is 3. The van der Waals surface area contributed by atoms with Crippen molar-refractivity contribution < 1.29 is 80.1 Å². The number of methoxy groups -OCH3 is 3. The number of hydrogen-bond acceptors (Lipinski definition) is 29. The molecule has 9 heterocycles. The summed E-state index contributed by atoms with van der Waals surface area (Å²) in [6.45, 7) is 39.7. The van der Waals surface area contributed by atoms with Gasteiger partial charge >= 0.3 is 30.5 Å². The second-order valence-corrected chi connectivity index (χ2v) is 32.7. The van der Waals surface area contributed by atoms with Crippen LogP contribution in [0.1, 0.15) is 146 Å². The highest BCUT2D eigenvalue weighted by molar-refractivity contribution is 8.07. The van der Waals surface area contributed by atoms with Crippen molar-refractivity contribution in [3.05, 3.63) is 122 Å². The second-order valence-electron chi connectivity index (χ2n) is 26.3. The molecule has 618 valence electrons. The van der Waals surface area contributed by atoms with Crippen molar-refractivity contribution in [1.29, 1.82) is 5.26 Å². The van der Waals surface area contributed by atoms with E-state index in [0.717, 1.165) is 30.4 Å². The first-order valence-electron chi connectivity index (χ1n) is 35.7. The molecule has 10 atom stereocenters. The maximum absolute atomic E-state index is 12.2. The van der Waals surface area contributed by atoms with E-state index in [1.165, 1.54) is 80.8 Å². The third-order valence-corrected chi connectivity index (χ3v) is 21.5. The first-order chi connectivity index (χ1) is 51.1. The van der Waals surface area contributed by atoms with Crippen LogP contribution >= 0.6 is 22.9 Å². The number of aromatic nitrogens is 6. The Labute approximate surface area is 646 Å². The fourth-order valence-corrected chi connectivity index (χ4v) is 14.5. The number of nitrogens with zero attached hydrogens (tertiary/aromatic N) is 6. The predicted octanol–water partition coefficient (Wildman–Crippen LogP) is 5.12. The SMILES string of the molecule is C1CCOC1.CC(C)NC(C)C.CC(C)NC(C)C.CCCC.CCNC.COC1[C@H](n2cc(C)c(=O)[nH]c2=O)OC(CO)(CO)[C@@H]1C.N#CCCOP.[C-]#[N+]CCOP1(=S)OCC2(CO1)O[C@@H](n1ccc(=O)[nH]c1=O)C(OC)[C@H]2C.[C-]#[N+]CCOP1(=S)OCC2(CO1)O[C@@H](n1ccc(=O)[nH]c1=O)C(OC)[C@H]2O. The lowest BCUT2D eigenvalue weighted by atomic mass is 9.88. The van der Waals surface area contributed by atoms with Gasteiger partial charge in [-0.25, -0.2) is 27.5 Å². The van der Waals surface area contributed by atoms with E-state index in [0.29, 0.717) is 42.8 Å². The molecular weight excluding hydrogens is 1510 g/mol. The van der Waals surface area contributed by atoms with E-state index in [2.05, 4.69) is 131 Å². The monoisotopic (exact) mass is 1630 g/mol. The standard InChI is InChI=1S/C15H20N3O7PS.C14H18N3O8PS.C13H20N2O6.2C6H15N.C4H8O.C4H10.C3H6NOP.C3H9N/c1-10-12(21-3)13(18-6-4-11(19)17-14(18)20)25-15(10)8-23-26(27,24-9-15)22-7-5-16-2;1-15-4-6-22-26(27)23-7-14(8-24-26)11(19)10(21-2)12(25-14)17-5-3-9(18)16-13(17)20;1-7-4-15(12(19)14-10(7)18)11-9(20-3)8(2)13(5-16,6-17)21-11;2*1-5(2)7-6(3)4;1-2-4-5-3-1;1-3-4-2;4-2-1-3-5-6;1-3-4-2/h4,6,10,12-13H,5,7-9H2,1,3H3,(H,17,19,20);3,5,10-12,19H,4,6-8H2,2H3,(H,16,18,20);4,8-9,11,16-17H,5-6H2,1-3H3,(H,14,18,19);2*5-7H,1-4H3;1-4H2;3-4H2,1-2H3;1,3,6H2;4H,3H2,1-2H3/t10-,12?,13-,15?,26?;10?,11-,12-,14?,26?;8-,9?,11-;;;;;;/m111....../s1. The highest BCUT2D eigenvalue weighted by atomic mass is 32.5. The largest absolute Gasteiger partial charge is 0.393 e. The third-order valence-electron chi connectivity index (χ3n) is 16.5. The van der Waals surface area contributed by atoms with E-state index in [-0.39, 0.29) is 64.6 Å². The molecule has 2 spiro atoms. The van der Waals surface area contributed by atoms with Gasteiger partial charge in [0.25, 0.3) is 16.7 Å². The van der Waals surface area contributed by atoms with E-state index in [9.17, 15) is 44.1 Å². The van der Waals surface area contributed by atoms with E-state index < -0.39 is 120 Å². The Morgan fingerprint density at radius 3 is 1.37 bits per heavy atom. The maximum Gasteiger partial charge on any atom is 0.330 e. The quantitative estimate of drug-likeness (QED) is 0.0358. The van der Waals surface area contributed by atoms with Crippen molar-refractivity contribution in [2.24, 2.45) is 11.8 Å². The molecule has 4 unspecified atom stereocenters. The second kappa shape index (κ2) is 52.7. The summed E-state index contributed by atoms with van der Waals surface area (Å²) in [5, 5.41) is 47.2. The van der Waals surface area contributed by atoms with Gasteiger partial charge in [-0.05, 0) is 57.0 Å². The van der Waals surface area contributed by atoms with Crippen LogP contribution in [0.25, 0.3) is 9.69 Å². The van der Waals surface area contributed by atoms with Gasteiger partial charge < -0.3 is 106 Å². The van der Waals surface area contributed by atoms with Gasteiger partial charge in [-0.3, -0.25) is 43.0 Å². The Morgan fingerprint density at radius 2 is 1.05 bits per heavy atom. The molecule has 6 aliphatic heterocycles. The molecule has 0 radical (unpaired) electrons. The van der Waals surface area contributed by atoms with Crippen LogP contribution in [-0.4, -0.2) is 230 Å². The molecule has 6 saturated heterocycles. The number of nitriles is 1. The Bertz CT molecular complexity index is 3440. The molecule has 0 saturated carbocycles. The summed E-state index contributed by atoms with van der Waals surface area (Å²) in [5.74, 6) is -0.542. The molecule has 0 amide bonds. The van der Waals surface area contributed by atoms with Crippen molar-refractivity contribution >= 4 is 46.5 Å². The maximum atomic E-state index is 12.2. The van der Waals surface area contributed by atoms with E-state index in [1.807, 2.05) is 20.0 Å².